The van der Waals surface area contributed by atoms with Gasteiger partial charge in [0.05, 0.1) is 5.69 Å². The van der Waals surface area contributed by atoms with Crippen LogP contribution in [-0.4, -0.2) is 15.6 Å². The molecule has 0 aliphatic heterocycles. The van der Waals surface area contributed by atoms with Crippen LogP contribution in [0.5, 0.6) is 0 Å². The summed E-state index contributed by atoms with van der Waals surface area (Å²) in [5.74, 6) is -0.503. The summed E-state index contributed by atoms with van der Waals surface area (Å²) < 4.78 is 15.9. The molecule has 100 valence electrons. The number of aryl methyl sites for hydroxylation is 2. The van der Waals surface area contributed by atoms with Gasteiger partial charge < -0.3 is 0 Å². The summed E-state index contributed by atoms with van der Waals surface area (Å²) in [6, 6.07) is 6.48. The van der Waals surface area contributed by atoms with E-state index in [9.17, 15) is 9.18 Å². The number of nitrogens with zero attached hydrogens (tertiary/aromatic N) is 2. The Balaban J connectivity index is 2.23. The highest BCUT2D eigenvalue weighted by Gasteiger charge is 2.15. The van der Waals surface area contributed by atoms with Crippen LogP contribution in [0.1, 0.15) is 28.7 Å². The fourth-order valence-corrected chi connectivity index (χ4v) is 2.22. The van der Waals surface area contributed by atoms with Gasteiger partial charge in [-0.25, -0.2) is 4.39 Å². The Morgan fingerprint density at radius 2 is 2.16 bits per heavy atom. The zero-order valence-electron chi connectivity index (χ0n) is 10.8. The third-order valence-corrected chi connectivity index (χ3v) is 3.44. The van der Waals surface area contributed by atoms with E-state index in [0.717, 1.165) is 12.1 Å². The Hall–Kier alpha value is -1.49. The van der Waals surface area contributed by atoms with Crippen molar-refractivity contribution >= 4 is 21.7 Å². The first-order valence-corrected chi connectivity index (χ1v) is 6.80. The van der Waals surface area contributed by atoms with Crippen molar-refractivity contribution in [2.24, 2.45) is 7.05 Å². The van der Waals surface area contributed by atoms with Crippen LogP contribution < -0.4 is 0 Å². The topological polar surface area (TPSA) is 34.9 Å². The maximum absolute atomic E-state index is 13.7. The molecule has 0 radical (unpaired) electrons. The molecule has 2 aromatic rings. The Labute approximate surface area is 119 Å². The van der Waals surface area contributed by atoms with Gasteiger partial charge >= 0.3 is 0 Å². The molecule has 5 heteroatoms. The second kappa shape index (κ2) is 5.65. The highest BCUT2D eigenvalue weighted by atomic mass is 79.9. The van der Waals surface area contributed by atoms with Crippen LogP contribution in [-0.2, 0) is 19.9 Å². The minimum atomic E-state index is -0.374. The molecule has 0 spiro atoms. The first-order chi connectivity index (χ1) is 9.01. The van der Waals surface area contributed by atoms with Crippen LogP contribution in [0.15, 0.2) is 28.7 Å². The fraction of sp³-hybridized carbons (Fsp3) is 0.286. The van der Waals surface area contributed by atoms with Crippen LogP contribution in [0.4, 0.5) is 4.39 Å². The van der Waals surface area contributed by atoms with Gasteiger partial charge in [0.15, 0.2) is 5.78 Å². The first-order valence-electron chi connectivity index (χ1n) is 6.01. The SMILES string of the molecule is CCc1cc(C(=O)Cc2ccc(Br)cc2F)n(C)n1. The summed E-state index contributed by atoms with van der Waals surface area (Å²) in [5.41, 5.74) is 1.77. The third-order valence-electron chi connectivity index (χ3n) is 2.94. The van der Waals surface area contributed by atoms with Crippen LogP contribution in [0.2, 0.25) is 0 Å². The lowest BCUT2D eigenvalue weighted by atomic mass is 10.1. The number of hydrogen-bond donors (Lipinski definition) is 0. The molecule has 3 nitrogen and oxygen atoms in total. The normalized spacial score (nSPS) is 10.7. The van der Waals surface area contributed by atoms with Crippen molar-refractivity contribution in [1.29, 1.82) is 0 Å². The van der Waals surface area contributed by atoms with Crippen molar-refractivity contribution in [2.75, 3.05) is 0 Å². The first kappa shape index (κ1) is 13.9. The Bertz CT molecular complexity index is 622. The van der Waals surface area contributed by atoms with Gasteiger partial charge in [-0.3, -0.25) is 9.48 Å². The second-order valence-corrected chi connectivity index (χ2v) is 5.25. The number of hydrogen-bond acceptors (Lipinski definition) is 2. The van der Waals surface area contributed by atoms with Crippen molar-refractivity contribution in [1.82, 2.24) is 9.78 Å². The van der Waals surface area contributed by atoms with E-state index in [4.69, 9.17) is 0 Å². The minimum Gasteiger partial charge on any atom is -0.292 e. The summed E-state index contributed by atoms with van der Waals surface area (Å²) in [6.45, 7) is 1.98. The molecule has 0 bridgehead atoms. The average molecular weight is 325 g/mol. The highest BCUT2D eigenvalue weighted by molar-refractivity contribution is 9.10. The lowest BCUT2D eigenvalue weighted by molar-refractivity contribution is 0.0983. The molecule has 0 aliphatic rings. The predicted octanol–water partition coefficient (Wildman–Crippen LogP) is 3.31. The number of halogens is 2. The van der Waals surface area contributed by atoms with Gasteiger partial charge in [0.2, 0.25) is 0 Å². The van der Waals surface area contributed by atoms with Crippen LogP contribution in [0.25, 0.3) is 0 Å². The number of carbonyl (C=O) groups excluding carboxylic acids is 1. The second-order valence-electron chi connectivity index (χ2n) is 4.33. The molecule has 1 heterocycles. The van der Waals surface area contributed by atoms with Crippen molar-refractivity contribution in [3.05, 3.63) is 51.5 Å². The van der Waals surface area contributed by atoms with E-state index in [1.807, 2.05) is 6.92 Å². The zero-order valence-corrected chi connectivity index (χ0v) is 12.4. The van der Waals surface area contributed by atoms with Crippen molar-refractivity contribution in [3.63, 3.8) is 0 Å². The summed E-state index contributed by atoms with van der Waals surface area (Å²) in [7, 11) is 1.73. The van der Waals surface area contributed by atoms with Gasteiger partial charge in [0, 0.05) is 17.9 Å². The van der Waals surface area contributed by atoms with Crippen LogP contribution in [0, 0.1) is 5.82 Å². The maximum atomic E-state index is 13.7. The number of rotatable bonds is 4. The molecule has 1 aromatic heterocycles. The van der Waals surface area contributed by atoms with Gasteiger partial charge in [0.25, 0.3) is 0 Å². The molecule has 1 aromatic carbocycles. The van der Waals surface area contributed by atoms with Crippen LogP contribution in [0.3, 0.4) is 0 Å². The monoisotopic (exact) mass is 324 g/mol. The average Bonchev–Trinajstić information content (AvgIpc) is 2.74. The van der Waals surface area contributed by atoms with Crippen molar-refractivity contribution in [2.45, 2.75) is 19.8 Å². The van der Waals surface area contributed by atoms with Gasteiger partial charge in [-0.15, -0.1) is 0 Å². The maximum Gasteiger partial charge on any atom is 0.185 e. The summed E-state index contributed by atoms with van der Waals surface area (Å²) in [6.07, 6.45) is 0.815. The number of ketones is 1. The van der Waals surface area contributed by atoms with Crippen molar-refractivity contribution in [3.8, 4) is 0 Å². The Morgan fingerprint density at radius 1 is 1.42 bits per heavy atom. The quantitative estimate of drug-likeness (QED) is 0.809. The number of benzene rings is 1. The van der Waals surface area contributed by atoms with Crippen molar-refractivity contribution < 1.29 is 9.18 Å². The largest absolute Gasteiger partial charge is 0.292 e. The molecule has 0 saturated carbocycles. The molecule has 0 fully saturated rings. The Kier molecular flexibility index (Phi) is 4.14. The molecule has 0 aliphatic carbocycles. The molecule has 0 amide bonds. The third kappa shape index (κ3) is 3.10. The number of Topliss-reactive ketones (excluding diaryl/α,β-unsaturated/α-hetero) is 1. The fourth-order valence-electron chi connectivity index (χ4n) is 1.89. The smallest absolute Gasteiger partial charge is 0.185 e. The van der Waals surface area contributed by atoms with Gasteiger partial charge in [-0.05, 0) is 30.2 Å². The molecule has 19 heavy (non-hydrogen) atoms. The zero-order chi connectivity index (χ0) is 14.0. The summed E-state index contributed by atoms with van der Waals surface area (Å²) >= 11 is 3.19. The lowest BCUT2D eigenvalue weighted by Crippen LogP contribution is -2.10. The van der Waals surface area contributed by atoms with E-state index in [1.54, 1.807) is 29.9 Å². The molecule has 2 rings (SSSR count). The molecular weight excluding hydrogens is 311 g/mol. The molecular formula is C14H14BrFN2O. The lowest BCUT2D eigenvalue weighted by Gasteiger charge is -2.03. The van der Waals surface area contributed by atoms with E-state index in [2.05, 4.69) is 21.0 Å². The highest BCUT2D eigenvalue weighted by Crippen LogP contribution is 2.17. The molecule has 0 unspecified atom stereocenters. The number of aromatic nitrogens is 2. The van der Waals surface area contributed by atoms with Gasteiger partial charge in [0.1, 0.15) is 11.5 Å². The Morgan fingerprint density at radius 3 is 2.74 bits per heavy atom. The minimum absolute atomic E-state index is 0.0435. The number of carbonyl (C=O) groups is 1. The van der Waals surface area contributed by atoms with E-state index in [0.29, 0.717) is 15.7 Å². The van der Waals surface area contributed by atoms with E-state index in [-0.39, 0.29) is 18.0 Å². The van der Waals surface area contributed by atoms with E-state index >= 15 is 0 Å². The molecule has 0 saturated heterocycles. The van der Waals surface area contributed by atoms with Gasteiger partial charge in [-0.2, -0.15) is 5.10 Å². The van der Waals surface area contributed by atoms with Gasteiger partial charge in [-0.1, -0.05) is 28.9 Å². The predicted molar refractivity (Wildman–Crippen MR) is 74.7 cm³/mol. The molecule has 0 N–H and O–H groups in total. The molecule has 0 atom stereocenters. The van der Waals surface area contributed by atoms with E-state index in [1.165, 1.54) is 6.07 Å². The summed E-state index contributed by atoms with van der Waals surface area (Å²) in [5, 5.41) is 4.22. The van der Waals surface area contributed by atoms with Crippen LogP contribution >= 0.6 is 15.9 Å². The van der Waals surface area contributed by atoms with E-state index < -0.39 is 0 Å². The summed E-state index contributed by atoms with van der Waals surface area (Å²) in [4.78, 5) is 12.2. The standard InChI is InChI=1S/C14H14BrFN2O/c1-3-11-8-13(18(2)17-11)14(19)6-9-4-5-10(15)7-12(9)16/h4-5,7-8H,3,6H2,1-2H3.